The van der Waals surface area contributed by atoms with Crippen LogP contribution in [0.4, 0.5) is 0 Å². The van der Waals surface area contributed by atoms with Gasteiger partial charge in [-0.05, 0) is 42.0 Å². The van der Waals surface area contributed by atoms with Gasteiger partial charge in [0.2, 0.25) is 5.82 Å². The molecule has 0 saturated heterocycles. The van der Waals surface area contributed by atoms with Crippen molar-refractivity contribution in [1.82, 2.24) is 25.6 Å². The first-order valence-corrected chi connectivity index (χ1v) is 7.57. The molecule has 4 rings (SSSR count). The highest BCUT2D eigenvalue weighted by Gasteiger charge is 2.21. The van der Waals surface area contributed by atoms with Gasteiger partial charge in [-0.2, -0.15) is 5.21 Å². The molecule has 0 radical (unpaired) electrons. The van der Waals surface area contributed by atoms with Gasteiger partial charge in [0.1, 0.15) is 0 Å². The van der Waals surface area contributed by atoms with Gasteiger partial charge in [-0.3, -0.25) is 0 Å². The highest BCUT2D eigenvalue weighted by molar-refractivity contribution is 7.10. The zero-order valence-electron chi connectivity index (χ0n) is 11.0. The third-order valence-electron chi connectivity index (χ3n) is 3.51. The maximum Gasteiger partial charge on any atom is 0.239 e. The van der Waals surface area contributed by atoms with E-state index in [9.17, 15) is 0 Å². The number of nitrogens with one attached hydrogen (secondary N) is 1. The fourth-order valence-electron chi connectivity index (χ4n) is 2.14. The number of aromatic nitrogens is 5. The Morgan fingerprint density at radius 2 is 2.24 bits per heavy atom. The van der Waals surface area contributed by atoms with E-state index in [0.29, 0.717) is 23.3 Å². The van der Waals surface area contributed by atoms with Gasteiger partial charge in [-0.1, -0.05) is 6.42 Å². The monoisotopic (exact) mass is 297 g/mol. The van der Waals surface area contributed by atoms with E-state index < -0.39 is 0 Å². The number of thiazole rings is 1. The largest absolute Gasteiger partial charge is 0.444 e. The van der Waals surface area contributed by atoms with Crippen molar-refractivity contribution >= 4 is 11.3 Å². The second-order valence-corrected chi connectivity index (χ2v) is 5.71. The molecular formula is C14H11N5OS. The molecule has 104 valence electrons. The summed E-state index contributed by atoms with van der Waals surface area (Å²) >= 11 is 1.58. The van der Waals surface area contributed by atoms with Gasteiger partial charge in [-0.25, -0.2) is 4.98 Å². The number of hydrogen-bond donors (Lipinski definition) is 1. The van der Waals surface area contributed by atoms with Crippen molar-refractivity contribution in [2.75, 3.05) is 0 Å². The molecule has 1 N–H and O–H groups in total. The lowest BCUT2D eigenvalue weighted by Gasteiger charge is -2.22. The number of H-pyrrole nitrogens is 1. The Labute approximate surface area is 124 Å². The average Bonchev–Trinajstić information content (AvgIpc) is 3.16. The normalized spacial score (nSPS) is 14.5. The Hall–Kier alpha value is -2.46. The van der Waals surface area contributed by atoms with Gasteiger partial charge >= 0.3 is 0 Å². The molecule has 6 nitrogen and oxygen atoms in total. The number of aromatic amines is 1. The van der Waals surface area contributed by atoms with Crippen LogP contribution in [0.5, 0.6) is 0 Å². The molecule has 0 spiro atoms. The van der Waals surface area contributed by atoms with Gasteiger partial charge in [0, 0.05) is 11.3 Å². The van der Waals surface area contributed by atoms with Crippen LogP contribution in [-0.4, -0.2) is 25.6 Å². The Morgan fingerprint density at radius 1 is 1.29 bits per heavy atom. The fourth-order valence-corrected chi connectivity index (χ4v) is 2.89. The van der Waals surface area contributed by atoms with Crippen LogP contribution in [0.2, 0.25) is 0 Å². The van der Waals surface area contributed by atoms with Crippen LogP contribution < -0.4 is 0 Å². The maximum absolute atomic E-state index is 5.55. The van der Waals surface area contributed by atoms with Gasteiger partial charge in [-0.15, -0.1) is 21.5 Å². The zero-order chi connectivity index (χ0) is 14.1. The summed E-state index contributed by atoms with van der Waals surface area (Å²) in [5, 5.41) is 16.5. The Bertz CT molecular complexity index is 804. The summed E-state index contributed by atoms with van der Waals surface area (Å²) in [4.78, 5) is 4.57. The highest BCUT2D eigenvalue weighted by atomic mass is 32.1. The molecule has 0 atom stereocenters. The summed E-state index contributed by atoms with van der Waals surface area (Å²) in [6.45, 7) is 0. The topological polar surface area (TPSA) is 80.5 Å². The van der Waals surface area contributed by atoms with Crippen molar-refractivity contribution in [2.24, 2.45) is 0 Å². The number of hydrogen-bond acceptors (Lipinski definition) is 6. The van der Waals surface area contributed by atoms with Crippen molar-refractivity contribution in [2.45, 2.75) is 25.2 Å². The molecule has 0 amide bonds. The minimum atomic E-state index is 0.421. The smallest absolute Gasteiger partial charge is 0.239 e. The van der Waals surface area contributed by atoms with Crippen molar-refractivity contribution < 1.29 is 4.42 Å². The quantitative estimate of drug-likeness (QED) is 0.735. The Morgan fingerprint density at radius 3 is 3.00 bits per heavy atom. The molecular weight excluding hydrogens is 286 g/mol. The molecule has 3 aromatic rings. The van der Waals surface area contributed by atoms with E-state index in [1.54, 1.807) is 23.5 Å². The van der Waals surface area contributed by atoms with Gasteiger partial charge in [0.15, 0.2) is 16.5 Å². The summed E-state index contributed by atoms with van der Waals surface area (Å²) in [7, 11) is 0. The molecule has 3 heterocycles. The molecule has 0 bridgehead atoms. The molecule has 0 aliphatic heterocycles. The van der Waals surface area contributed by atoms with Crippen LogP contribution >= 0.6 is 11.3 Å². The van der Waals surface area contributed by atoms with Crippen LogP contribution in [-0.2, 0) is 0 Å². The van der Waals surface area contributed by atoms with Crippen molar-refractivity contribution in [3.8, 4) is 23.4 Å². The fraction of sp³-hybridized carbons (Fsp3) is 0.286. The molecule has 0 unspecified atom stereocenters. The lowest BCUT2D eigenvalue weighted by Crippen LogP contribution is -2.08. The Balaban J connectivity index is 1.52. The molecule has 1 aliphatic carbocycles. The summed E-state index contributed by atoms with van der Waals surface area (Å²) in [6, 6.07) is 3.57. The SMILES string of the molecule is C(#Cc1nc(C2CCC2)cs1)c1ccc(-c2nn[nH]n2)o1. The Kier molecular flexibility index (Phi) is 3.01. The van der Waals surface area contributed by atoms with Crippen LogP contribution in [0, 0.1) is 11.8 Å². The molecule has 1 aliphatic rings. The second-order valence-electron chi connectivity index (χ2n) is 4.85. The number of nitrogens with zero attached hydrogens (tertiary/aromatic N) is 4. The minimum absolute atomic E-state index is 0.421. The molecule has 1 fully saturated rings. The minimum Gasteiger partial charge on any atom is -0.444 e. The molecule has 1 saturated carbocycles. The predicted molar refractivity (Wildman–Crippen MR) is 76.6 cm³/mol. The van der Waals surface area contributed by atoms with E-state index in [4.69, 9.17) is 4.42 Å². The van der Waals surface area contributed by atoms with Crippen molar-refractivity contribution in [3.63, 3.8) is 0 Å². The maximum atomic E-state index is 5.55. The summed E-state index contributed by atoms with van der Waals surface area (Å²) < 4.78 is 5.55. The van der Waals surface area contributed by atoms with Crippen LogP contribution in [0.3, 0.4) is 0 Å². The standard InChI is InChI=1S/C14H11N5OS/c1-2-9(3-1)11-8-21-13(15-11)7-5-10-4-6-12(20-10)14-16-18-19-17-14/h4,6,8-9H,1-3H2,(H,16,17,18,19). The lowest BCUT2D eigenvalue weighted by atomic mass is 9.83. The van der Waals surface area contributed by atoms with Crippen molar-refractivity contribution in [1.29, 1.82) is 0 Å². The van der Waals surface area contributed by atoms with Gasteiger partial charge < -0.3 is 4.42 Å². The van der Waals surface area contributed by atoms with Crippen LogP contribution in [0.15, 0.2) is 21.9 Å². The molecule has 7 heteroatoms. The first-order chi connectivity index (χ1) is 10.4. The zero-order valence-corrected chi connectivity index (χ0v) is 11.9. The number of rotatable bonds is 2. The first-order valence-electron chi connectivity index (χ1n) is 6.69. The first kappa shape index (κ1) is 12.3. The van der Waals surface area contributed by atoms with E-state index in [2.05, 4.69) is 42.8 Å². The van der Waals surface area contributed by atoms with E-state index >= 15 is 0 Å². The predicted octanol–water partition coefficient (Wildman–Crippen LogP) is 2.58. The number of furan rings is 1. The van der Waals surface area contributed by atoms with E-state index in [0.717, 1.165) is 5.01 Å². The average molecular weight is 297 g/mol. The van der Waals surface area contributed by atoms with Crippen LogP contribution in [0.1, 0.15) is 41.6 Å². The lowest BCUT2D eigenvalue weighted by molar-refractivity contribution is 0.412. The van der Waals surface area contributed by atoms with Gasteiger partial charge in [0.25, 0.3) is 0 Å². The molecule has 0 aromatic carbocycles. The number of tetrazole rings is 1. The van der Waals surface area contributed by atoms with Gasteiger partial charge in [0.05, 0.1) is 5.69 Å². The summed E-state index contributed by atoms with van der Waals surface area (Å²) in [5.41, 5.74) is 1.18. The van der Waals surface area contributed by atoms with Crippen molar-refractivity contribution in [3.05, 3.63) is 34.0 Å². The van der Waals surface area contributed by atoms with E-state index in [1.165, 1.54) is 25.0 Å². The van der Waals surface area contributed by atoms with E-state index in [-0.39, 0.29) is 0 Å². The molecule has 21 heavy (non-hydrogen) atoms. The summed E-state index contributed by atoms with van der Waals surface area (Å²) in [6.07, 6.45) is 3.82. The van der Waals surface area contributed by atoms with Crippen LogP contribution in [0.25, 0.3) is 11.6 Å². The third-order valence-corrected chi connectivity index (χ3v) is 4.29. The van der Waals surface area contributed by atoms with E-state index in [1.807, 2.05) is 0 Å². The molecule has 3 aromatic heterocycles. The second kappa shape index (κ2) is 5.14. The third kappa shape index (κ3) is 2.45. The summed E-state index contributed by atoms with van der Waals surface area (Å²) in [5.74, 6) is 8.19. The highest BCUT2D eigenvalue weighted by Crippen LogP contribution is 2.36.